The summed E-state index contributed by atoms with van der Waals surface area (Å²) in [5.41, 5.74) is 1.50. The number of nitrogens with one attached hydrogen (secondary N) is 1. The van der Waals surface area contributed by atoms with Crippen LogP contribution in [-0.4, -0.2) is 18.5 Å². The second-order valence-electron chi connectivity index (χ2n) is 3.49. The molecular formula is C10H8BrClN2O2. The van der Waals surface area contributed by atoms with Crippen molar-refractivity contribution in [2.75, 3.05) is 11.4 Å². The Morgan fingerprint density at radius 3 is 2.69 bits per heavy atom. The van der Waals surface area contributed by atoms with E-state index in [1.807, 2.05) is 13.0 Å². The van der Waals surface area contributed by atoms with E-state index < -0.39 is 6.03 Å². The molecular weight excluding hydrogens is 295 g/mol. The van der Waals surface area contributed by atoms with Crippen LogP contribution in [0.2, 0.25) is 5.02 Å². The van der Waals surface area contributed by atoms with Crippen molar-refractivity contribution in [1.29, 1.82) is 0 Å². The number of carbonyl (C=O) groups excluding carboxylic acids is 2. The number of aryl methyl sites for hydroxylation is 1. The first-order chi connectivity index (χ1) is 7.49. The maximum absolute atomic E-state index is 11.5. The van der Waals surface area contributed by atoms with Gasteiger partial charge in [-0.1, -0.05) is 11.6 Å². The van der Waals surface area contributed by atoms with Gasteiger partial charge in [-0.25, -0.2) is 4.79 Å². The van der Waals surface area contributed by atoms with E-state index >= 15 is 0 Å². The third kappa shape index (κ3) is 1.92. The highest BCUT2D eigenvalue weighted by molar-refractivity contribution is 9.10. The zero-order chi connectivity index (χ0) is 11.9. The van der Waals surface area contributed by atoms with Gasteiger partial charge in [0.25, 0.3) is 0 Å². The number of hydrogen-bond donors (Lipinski definition) is 1. The summed E-state index contributed by atoms with van der Waals surface area (Å²) in [7, 11) is 0. The first kappa shape index (κ1) is 11.4. The monoisotopic (exact) mass is 302 g/mol. The number of hydrogen-bond acceptors (Lipinski definition) is 2. The van der Waals surface area contributed by atoms with Crippen LogP contribution < -0.4 is 10.2 Å². The Bertz CT molecular complexity index is 490. The lowest BCUT2D eigenvalue weighted by atomic mass is 10.2. The Kier molecular flexibility index (Phi) is 2.90. The standard InChI is InChI=1S/C10H8BrClN2O2/c1-5-2-6(11)8(3-7(5)12)14-4-9(15)13-10(14)16/h2-3H,4H2,1H3,(H,13,15,16). The normalized spacial score (nSPS) is 15.6. The Morgan fingerprint density at radius 1 is 1.44 bits per heavy atom. The first-order valence-electron chi connectivity index (χ1n) is 4.56. The van der Waals surface area contributed by atoms with E-state index in [4.69, 9.17) is 11.6 Å². The van der Waals surface area contributed by atoms with E-state index in [0.29, 0.717) is 10.7 Å². The number of urea groups is 1. The number of carbonyl (C=O) groups is 2. The first-order valence-corrected chi connectivity index (χ1v) is 5.73. The van der Waals surface area contributed by atoms with E-state index in [9.17, 15) is 9.59 Å². The molecule has 6 heteroatoms. The largest absolute Gasteiger partial charge is 0.329 e. The molecule has 84 valence electrons. The van der Waals surface area contributed by atoms with Crippen molar-refractivity contribution in [3.05, 3.63) is 27.2 Å². The maximum Gasteiger partial charge on any atom is 0.329 e. The van der Waals surface area contributed by atoms with Crippen molar-refractivity contribution < 1.29 is 9.59 Å². The van der Waals surface area contributed by atoms with Crippen molar-refractivity contribution in [2.45, 2.75) is 6.92 Å². The molecule has 0 aromatic heterocycles. The third-order valence-electron chi connectivity index (χ3n) is 2.31. The predicted octanol–water partition coefficient (Wildman–Crippen LogP) is 2.47. The molecule has 0 radical (unpaired) electrons. The Balaban J connectivity index is 2.45. The van der Waals surface area contributed by atoms with Crippen LogP contribution in [0.15, 0.2) is 16.6 Å². The van der Waals surface area contributed by atoms with Crippen molar-refractivity contribution in [2.24, 2.45) is 0 Å². The second kappa shape index (κ2) is 4.07. The molecule has 0 saturated carbocycles. The third-order valence-corrected chi connectivity index (χ3v) is 3.35. The zero-order valence-electron chi connectivity index (χ0n) is 8.38. The van der Waals surface area contributed by atoms with E-state index in [0.717, 1.165) is 10.0 Å². The fourth-order valence-electron chi connectivity index (χ4n) is 1.48. The molecule has 0 atom stereocenters. The van der Waals surface area contributed by atoms with Gasteiger partial charge in [-0.2, -0.15) is 0 Å². The highest BCUT2D eigenvalue weighted by Crippen LogP contribution is 2.32. The van der Waals surface area contributed by atoms with E-state index in [1.165, 1.54) is 4.90 Å². The summed E-state index contributed by atoms with van der Waals surface area (Å²) in [6.45, 7) is 1.89. The van der Waals surface area contributed by atoms with Gasteiger partial charge in [0, 0.05) is 9.50 Å². The molecule has 0 spiro atoms. The van der Waals surface area contributed by atoms with E-state index in [-0.39, 0.29) is 12.5 Å². The number of anilines is 1. The minimum Gasteiger partial charge on any atom is -0.284 e. The number of nitrogens with zero attached hydrogens (tertiary/aromatic N) is 1. The van der Waals surface area contributed by atoms with Gasteiger partial charge in [-0.05, 0) is 40.5 Å². The Hall–Kier alpha value is -1.07. The van der Waals surface area contributed by atoms with Gasteiger partial charge >= 0.3 is 6.03 Å². The second-order valence-corrected chi connectivity index (χ2v) is 4.75. The van der Waals surface area contributed by atoms with Gasteiger partial charge in [-0.3, -0.25) is 15.0 Å². The molecule has 0 bridgehead atoms. The lowest BCUT2D eigenvalue weighted by molar-refractivity contribution is -0.117. The zero-order valence-corrected chi connectivity index (χ0v) is 10.7. The number of amides is 3. The van der Waals surface area contributed by atoms with Crippen LogP contribution in [0.3, 0.4) is 0 Å². The summed E-state index contributed by atoms with van der Waals surface area (Å²) in [4.78, 5) is 23.9. The van der Waals surface area contributed by atoms with Crippen molar-refractivity contribution in [1.82, 2.24) is 5.32 Å². The van der Waals surface area contributed by atoms with Crippen LogP contribution in [0.25, 0.3) is 0 Å². The van der Waals surface area contributed by atoms with Crippen LogP contribution in [0.1, 0.15) is 5.56 Å². The number of benzene rings is 1. The summed E-state index contributed by atoms with van der Waals surface area (Å²) in [6.07, 6.45) is 0. The lowest BCUT2D eigenvalue weighted by Gasteiger charge is -2.16. The lowest BCUT2D eigenvalue weighted by Crippen LogP contribution is -2.28. The molecule has 1 saturated heterocycles. The number of halogens is 2. The van der Waals surface area contributed by atoms with Gasteiger partial charge in [0.1, 0.15) is 6.54 Å². The topological polar surface area (TPSA) is 49.4 Å². The number of imide groups is 1. The SMILES string of the molecule is Cc1cc(Br)c(N2CC(=O)NC2=O)cc1Cl. The van der Waals surface area contributed by atoms with Crippen molar-refractivity contribution >= 4 is 45.2 Å². The van der Waals surface area contributed by atoms with Crippen molar-refractivity contribution in [3.8, 4) is 0 Å². The maximum atomic E-state index is 11.5. The summed E-state index contributed by atoms with van der Waals surface area (Å²) in [6, 6.07) is 3.05. The van der Waals surface area contributed by atoms with Gasteiger partial charge in [0.2, 0.25) is 5.91 Å². The van der Waals surface area contributed by atoms with Crippen LogP contribution in [-0.2, 0) is 4.79 Å². The van der Waals surface area contributed by atoms with Crippen LogP contribution in [0, 0.1) is 6.92 Å². The summed E-state index contributed by atoms with van der Waals surface area (Å²) in [5, 5.41) is 2.77. The highest BCUT2D eigenvalue weighted by Gasteiger charge is 2.29. The minimum absolute atomic E-state index is 0.0246. The highest BCUT2D eigenvalue weighted by atomic mass is 79.9. The molecule has 1 heterocycles. The molecule has 1 N–H and O–H groups in total. The minimum atomic E-state index is -0.425. The van der Waals surface area contributed by atoms with Gasteiger partial charge in [0.15, 0.2) is 0 Å². The molecule has 0 unspecified atom stereocenters. The Morgan fingerprint density at radius 2 is 2.12 bits per heavy atom. The number of rotatable bonds is 1. The molecule has 1 aromatic carbocycles. The molecule has 16 heavy (non-hydrogen) atoms. The van der Waals surface area contributed by atoms with Crippen molar-refractivity contribution in [3.63, 3.8) is 0 Å². The molecule has 0 aliphatic carbocycles. The van der Waals surface area contributed by atoms with E-state index in [2.05, 4.69) is 21.2 Å². The van der Waals surface area contributed by atoms with Crippen LogP contribution in [0.5, 0.6) is 0 Å². The molecule has 1 aliphatic heterocycles. The molecule has 3 amide bonds. The van der Waals surface area contributed by atoms with Crippen LogP contribution in [0.4, 0.5) is 10.5 Å². The molecule has 1 aliphatic rings. The quantitative estimate of drug-likeness (QED) is 0.810. The fraction of sp³-hybridized carbons (Fsp3) is 0.200. The predicted molar refractivity (Wildman–Crippen MR) is 64.8 cm³/mol. The average Bonchev–Trinajstić information content (AvgIpc) is 2.51. The summed E-state index contributed by atoms with van der Waals surface area (Å²) in [5.74, 6) is -0.311. The smallest absolute Gasteiger partial charge is 0.284 e. The average molecular weight is 304 g/mol. The van der Waals surface area contributed by atoms with Gasteiger partial charge in [-0.15, -0.1) is 0 Å². The van der Waals surface area contributed by atoms with Crippen LogP contribution >= 0.6 is 27.5 Å². The van der Waals surface area contributed by atoms with Gasteiger partial charge in [0.05, 0.1) is 5.69 Å². The summed E-state index contributed by atoms with van der Waals surface area (Å²) < 4.78 is 0.735. The summed E-state index contributed by atoms with van der Waals surface area (Å²) >= 11 is 9.33. The molecule has 2 rings (SSSR count). The fourth-order valence-corrected chi connectivity index (χ4v) is 2.31. The molecule has 1 aromatic rings. The van der Waals surface area contributed by atoms with Gasteiger partial charge < -0.3 is 0 Å². The molecule has 4 nitrogen and oxygen atoms in total. The molecule has 1 fully saturated rings. The Labute approximate surface area is 106 Å². The van der Waals surface area contributed by atoms with E-state index in [1.54, 1.807) is 6.07 Å².